The van der Waals surface area contributed by atoms with E-state index < -0.39 is 0 Å². The molecule has 0 aliphatic carbocycles. The minimum Gasteiger partial charge on any atom is -0.313 e. The van der Waals surface area contributed by atoms with Gasteiger partial charge in [0.2, 0.25) is 0 Å². The standard InChI is InChI=1S/C16H21N3/c1-4-13-5-6-14(19-10-13)9-16(17-3)15-11-18-8-7-12(15)2/h5-8,10-11,16-17H,4,9H2,1-3H3. The van der Waals surface area contributed by atoms with E-state index in [0.717, 1.165) is 18.5 Å². The van der Waals surface area contributed by atoms with Crippen LogP contribution in [0.2, 0.25) is 0 Å². The Morgan fingerprint density at radius 1 is 1.21 bits per heavy atom. The van der Waals surface area contributed by atoms with E-state index in [4.69, 9.17) is 0 Å². The summed E-state index contributed by atoms with van der Waals surface area (Å²) in [6.07, 6.45) is 7.66. The molecule has 3 nitrogen and oxygen atoms in total. The van der Waals surface area contributed by atoms with Crippen LogP contribution in [-0.2, 0) is 12.8 Å². The molecule has 1 atom stereocenters. The van der Waals surface area contributed by atoms with E-state index >= 15 is 0 Å². The van der Waals surface area contributed by atoms with E-state index in [0.29, 0.717) is 0 Å². The number of aromatic nitrogens is 2. The molecule has 1 N–H and O–H groups in total. The molecule has 2 aromatic heterocycles. The smallest absolute Gasteiger partial charge is 0.0422 e. The minimum atomic E-state index is 0.258. The Kier molecular flexibility index (Phi) is 4.63. The van der Waals surface area contributed by atoms with E-state index in [1.807, 2.05) is 31.7 Å². The average molecular weight is 255 g/mol. The minimum absolute atomic E-state index is 0.258. The lowest BCUT2D eigenvalue weighted by Crippen LogP contribution is -2.20. The third-order valence-electron chi connectivity index (χ3n) is 3.51. The second-order valence-electron chi connectivity index (χ2n) is 4.79. The monoisotopic (exact) mass is 255 g/mol. The molecule has 2 rings (SSSR count). The molecule has 0 aliphatic rings. The van der Waals surface area contributed by atoms with Crippen molar-refractivity contribution in [2.75, 3.05) is 7.05 Å². The van der Waals surface area contributed by atoms with Gasteiger partial charge in [0, 0.05) is 36.7 Å². The van der Waals surface area contributed by atoms with E-state index in [2.05, 4.69) is 41.3 Å². The maximum Gasteiger partial charge on any atom is 0.0422 e. The van der Waals surface area contributed by atoms with Crippen LogP contribution in [0, 0.1) is 6.92 Å². The zero-order chi connectivity index (χ0) is 13.7. The predicted molar refractivity (Wildman–Crippen MR) is 78.1 cm³/mol. The van der Waals surface area contributed by atoms with Crippen LogP contribution in [0.25, 0.3) is 0 Å². The van der Waals surface area contributed by atoms with Crippen LogP contribution < -0.4 is 5.32 Å². The summed E-state index contributed by atoms with van der Waals surface area (Å²) in [6, 6.07) is 6.58. The number of hydrogen-bond acceptors (Lipinski definition) is 3. The third-order valence-corrected chi connectivity index (χ3v) is 3.51. The first kappa shape index (κ1) is 13.7. The summed E-state index contributed by atoms with van der Waals surface area (Å²) in [7, 11) is 1.98. The molecule has 0 amide bonds. The Balaban J connectivity index is 2.17. The first-order valence-electron chi connectivity index (χ1n) is 6.76. The fourth-order valence-electron chi connectivity index (χ4n) is 2.20. The number of nitrogens with zero attached hydrogens (tertiary/aromatic N) is 2. The normalized spacial score (nSPS) is 12.4. The first-order valence-corrected chi connectivity index (χ1v) is 6.76. The van der Waals surface area contributed by atoms with E-state index in [9.17, 15) is 0 Å². The molecular weight excluding hydrogens is 234 g/mol. The fourth-order valence-corrected chi connectivity index (χ4v) is 2.20. The Bertz CT molecular complexity index is 520. The third kappa shape index (κ3) is 3.38. The van der Waals surface area contributed by atoms with Crippen LogP contribution in [0.4, 0.5) is 0 Å². The molecule has 2 heterocycles. The van der Waals surface area contributed by atoms with E-state index in [-0.39, 0.29) is 6.04 Å². The van der Waals surface area contributed by atoms with Crippen molar-refractivity contribution < 1.29 is 0 Å². The van der Waals surface area contributed by atoms with Gasteiger partial charge in [0.15, 0.2) is 0 Å². The van der Waals surface area contributed by atoms with Gasteiger partial charge in [-0.05, 0) is 49.2 Å². The molecule has 1 unspecified atom stereocenters. The van der Waals surface area contributed by atoms with Crippen LogP contribution in [-0.4, -0.2) is 17.0 Å². The topological polar surface area (TPSA) is 37.8 Å². The van der Waals surface area contributed by atoms with Crippen molar-refractivity contribution in [1.82, 2.24) is 15.3 Å². The largest absolute Gasteiger partial charge is 0.313 e. The summed E-state index contributed by atoms with van der Waals surface area (Å²) in [5, 5.41) is 3.36. The highest BCUT2D eigenvalue weighted by Crippen LogP contribution is 2.19. The molecule has 0 saturated carbocycles. The highest BCUT2D eigenvalue weighted by Gasteiger charge is 2.13. The van der Waals surface area contributed by atoms with Gasteiger partial charge >= 0.3 is 0 Å². The van der Waals surface area contributed by atoms with Crippen molar-refractivity contribution in [2.24, 2.45) is 0 Å². The van der Waals surface area contributed by atoms with E-state index in [1.165, 1.54) is 16.7 Å². The average Bonchev–Trinajstić information content (AvgIpc) is 2.46. The van der Waals surface area contributed by atoms with Gasteiger partial charge in [-0.15, -0.1) is 0 Å². The van der Waals surface area contributed by atoms with E-state index in [1.54, 1.807) is 0 Å². The second-order valence-corrected chi connectivity index (χ2v) is 4.79. The number of pyridine rings is 2. The van der Waals surface area contributed by atoms with Crippen molar-refractivity contribution >= 4 is 0 Å². The fraction of sp³-hybridized carbons (Fsp3) is 0.375. The van der Waals surface area contributed by atoms with Crippen LogP contribution in [0.5, 0.6) is 0 Å². The van der Waals surface area contributed by atoms with Crippen LogP contribution in [0.1, 0.15) is 35.3 Å². The lowest BCUT2D eigenvalue weighted by Gasteiger charge is -2.18. The molecule has 100 valence electrons. The summed E-state index contributed by atoms with van der Waals surface area (Å²) in [5.74, 6) is 0. The Morgan fingerprint density at radius 2 is 2.05 bits per heavy atom. The molecule has 0 radical (unpaired) electrons. The summed E-state index contributed by atoms with van der Waals surface area (Å²) in [5.41, 5.74) is 4.90. The SMILES string of the molecule is CCc1ccc(CC(NC)c2cnccc2C)nc1. The quantitative estimate of drug-likeness (QED) is 0.892. The first-order chi connectivity index (χ1) is 9.24. The van der Waals surface area contributed by atoms with Crippen molar-refractivity contribution in [3.8, 4) is 0 Å². The lowest BCUT2D eigenvalue weighted by atomic mass is 9.99. The number of aryl methyl sites for hydroxylation is 2. The van der Waals surface area contributed by atoms with Gasteiger partial charge in [-0.25, -0.2) is 0 Å². The molecule has 0 saturated heterocycles. The van der Waals surface area contributed by atoms with Gasteiger partial charge in [0.25, 0.3) is 0 Å². The summed E-state index contributed by atoms with van der Waals surface area (Å²) >= 11 is 0. The van der Waals surface area contributed by atoms with Crippen molar-refractivity contribution in [2.45, 2.75) is 32.7 Å². The maximum absolute atomic E-state index is 4.53. The van der Waals surface area contributed by atoms with Crippen molar-refractivity contribution in [3.05, 3.63) is 59.2 Å². The van der Waals surface area contributed by atoms with Crippen LogP contribution in [0.3, 0.4) is 0 Å². The predicted octanol–water partition coefficient (Wildman–Crippen LogP) is 2.85. The summed E-state index contributed by atoms with van der Waals surface area (Å²) in [4.78, 5) is 8.76. The van der Waals surface area contributed by atoms with Crippen molar-refractivity contribution in [3.63, 3.8) is 0 Å². The van der Waals surface area contributed by atoms with Gasteiger partial charge in [-0.3, -0.25) is 9.97 Å². The highest BCUT2D eigenvalue weighted by molar-refractivity contribution is 5.26. The van der Waals surface area contributed by atoms with Gasteiger partial charge in [0.1, 0.15) is 0 Å². The lowest BCUT2D eigenvalue weighted by molar-refractivity contribution is 0.579. The molecule has 0 spiro atoms. The molecule has 0 bridgehead atoms. The number of rotatable bonds is 5. The highest BCUT2D eigenvalue weighted by atomic mass is 14.9. The summed E-state index contributed by atoms with van der Waals surface area (Å²) < 4.78 is 0. The van der Waals surface area contributed by atoms with Crippen LogP contribution >= 0.6 is 0 Å². The molecular formula is C16H21N3. The maximum atomic E-state index is 4.53. The molecule has 19 heavy (non-hydrogen) atoms. The summed E-state index contributed by atoms with van der Waals surface area (Å²) in [6.45, 7) is 4.26. The number of likely N-dealkylation sites (N-methyl/N-ethyl adjacent to an activating group) is 1. The Hall–Kier alpha value is -1.74. The molecule has 0 aliphatic heterocycles. The number of nitrogens with one attached hydrogen (secondary N) is 1. The van der Waals surface area contributed by atoms with Crippen molar-refractivity contribution in [1.29, 1.82) is 0 Å². The Labute approximate surface area is 115 Å². The molecule has 0 aromatic carbocycles. The number of hydrogen-bond donors (Lipinski definition) is 1. The van der Waals surface area contributed by atoms with Crippen LogP contribution in [0.15, 0.2) is 36.8 Å². The van der Waals surface area contributed by atoms with Gasteiger partial charge < -0.3 is 5.32 Å². The zero-order valence-corrected chi connectivity index (χ0v) is 11.9. The molecule has 0 fully saturated rings. The zero-order valence-electron chi connectivity index (χ0n) is 11.9. The molecule has 2 aromatic rings. The van der Waals surface area contributed by atoms with Gasteiger partial charge in [-0.1, -0.05) is 13.0 Å². The molecule has 3 heteroatoms. The Morgan fingerprint density at radius 3 is 2.63 bits per heavy atom. The van der Waals surface area contributed by atoms with Gasteiger partial charge in [-0.2, -0.15) is 0 Å². The second kappa shape index (κ2) is 6.43. The van der Waals surface area contributed by atoms with Gasteiger partial charge in [0.05, 0.1) is 0 Å².